The molecule has 0 spiro atoms. The fourth-order valence-electron chi connectivity index (χ4n) is 1.48. The molecule has 1 aliphatic rings. The maximum atomic E-state index is 11.3. The lowest BCUT2D eigenvalue weighted by atomic mass is 10.3. The highest BCUT2D eigenvalue weighted by Crippen LogP contribution is 2.26. The van der Waals surface area contributed by atoms with Crippen LogP contribution in [-0.2, 0) is 19.4 Å². The van der Waals surface area contributed by atoms with Gasteiger partial charge in [0.25, 0.3) is 0 Å². The van der Waals surface area contributed by atoms with E-state index in [9.17, 15) is 13.2 Å². The van der Waals surface area contributed by atoms with Crippen molar-refractivity contribution in [3.63, 3.8) is 0 Å². The maximum absolute atomic E-state index is 11.3. The van der Waals surface area contributed by atoms with Gasteiger partial charge in [0.2, 0.25) is 0 Å². The highest BCUT2D eigenvalue weighted by atomic mass is 32.2. The van der Waals surface area contributed by atoms with E-state index in [-0.39, 0.29) is 16.8 Å². The molecular weight excluding hydrogens is 224 g/mol. The Kier molecular flexibility index (Phi) is 3.83. The van der Waals surface area contributed by atoms with Crippen molar-refractivity contribution in [2.45, 2.75) is 25.2 Å². The van der Waals surface area contributed by atoms with Crippen molar-refractivity contribution in [2.75, 3.05) is 17.3 Å². The van der Waals surface area contributed by atoms with Crippen LogP contribution in [0.15, 0.2) is 0 Å². The van der Waals surface area contributed by atoms with Gasteiger partial charge < -0.3 is 4.74 Å². The molecule has 0 radical (unpaired) electrons. The third kappa shape index (κ3) is 3.16. The van der Waals surface area contributed by atoms with Gasteiger partial charge in [-0.3, -0.25) is 4.79 Å². The number of carbonyl (C=O) groups excluding carboxylic acids is 1. The van der Waals surface area contributed by atoms with Crippen LogP contribution in [-0.4, -0.2) is 43.0 Å². The first-order valence-electron chi connectivity index (χ1n) is 4.44. The standard InChI is InChI=1S/C8H14O4S2/c1-3-13-8-5-14(10,11)4-7(8)12-6(2)9/h7-8H,3-5H2,1-2H3/t7-,8-/m0/s1. The second-order valence-electron chi connectivity index (χ2n) is 3.22. The highest BCUT2D eigenvalue weighted by molar-refractivity contribution is 8.01. The lowest BCUT2D eigenvalue weighted by molar-refractivity contribution is -0.144. The number of carbonyl (C=O) groups is 1. The number of hydrogen-bond donors (Lipinski definition) is 0. The third-order valence-corrected chi connectivity index (χ3v) is 5.10. The number of thioether (sulfide) groups is 1. The molecule has 1 fully saturated rings. The first kappa shape index (κ1) is 11.8. The predicted molar refractivity (Wildman–Crippen MR) is 56.1 cm³/mol. The van der Waals surface area contributed by atoms with Gasteiger partial charge >= 0.3 is 5.97 Å². The van der Waals surface area contributed by atoms with E-state index in [1.165, 1.54) is 18.7 Å². The normalized spacial score (nSPS) is 30.1. The van der Waals surface area contributed by atoms with E-state index in [4.69, 9.17) is 4.74 Å². The van der Waals surface area contributed by atoms with Crippen LogP contribution in [0.5, 0.6) is 0 Å². The second kappa shape index (κ2) is 4.53. The summed E-state index contributed by atoms with van der Waals surface area (Å²) >= 11 is 1.53. The Balaban J connectivity index is 2.67. The van der Waals surface area contributed by atoms with Gasteiger partial charge in [0, 0.05) is 6.92 Å². The molecule has 0 aromatic heterocycles. The van der Waals surface area contributed by atoms with Crippen molar-refractivity contribution in [1.29, 1.82) is 0 Å². The summed E-state index contributed by atoms with van der Waals surface area (Å²) in [6, 6.07) is 0. The van der Waals surface area contributed by atoms with Crippen LogP contribution < -0.4 is 0 Å². The predicted octanol–water partition coefficient (Wildman–Crippen LogP) is 0.468. The topological polar surface area (TPSA) is 60.4 Å². The number of rotatable bonds is 3. The van der Waals surface area contributed by atoms with Gasteiger partial charge in [-0.05, 0) is 5.75 Å². The lowest BCUT2D eigenvalue weighted by Crippen LogP contribution is -2.26. The molecule has 1 heterocycles. The van der Waals surface area contributed by atoms with Gasteiger partial charge in [0.1, 0.15) is 6.10 Å². The fraction of sp³-hybridized carbons (Fsp3) is 0.875. The van der Waals surface area contributed by atoms with Crippen molar-refractivity contribution in [3.05, 3.63) is 0 Å². The van der Waals surface area contributed by atoms with Gasteiger partial charge in [0.15, 0.2) is 9.84 Å². The molecule has 82 valence electrons. The molecule has 0 aliphatic carbocycles. The molecule has 0 aromatic rings. The Morgan fingerprint density at radius 2 is 2.14 bits per heavy atom. The van der Waals surface area contributed by atoms with Gasteiger partial charge in [-0.2, -0.15) is 11.8 Å². The maximum Gasteiger partial charge on any atom is 0.302 e. The Hall–Kier alpha value is -0.230. The number of ether oxygens (including phenoxy) is 1. The van der Waals surface area contributed by atoms with Crippen molar-refractivity contribution >= 4 is 27.6 Å². The van der Waals surface area contributed by atoms with Crippen LogP contribution in [0.2, 0.25) is 0 Å². The molecule has 4 nitrogen and oxygen atoms in total. The summed E-state index contributed by atoms with van der Waals surface area (Å²) < 4.78 is 27.6. The van der Waals surface area contributed by atoms with E-state index in [1.54, 1.807) is 0 Å². The van der Waals surface area contributed by atoms with Gasteiger partial charge in [0.05, 0.1) is 16.8 Å². The van der Waals surface area contributed by atoms with Gasteiger partial charge in [-0.1, -0.05) is 6.92 Å². The molecule has 6 heteroatoms. The summed E-state index contributed by atoms with van der Waals surface area (Å²) in [7, 11) is -3.01. The average molecular weight is 238 g/mol. The fourth-order valence-corrected chi connectivity index (χ4v) is 5.05. The minimum Gasteiger partial charge on any atom is -0.460 e. The summed E-state index contributed by atoms with van der Waals surface area (Å²) in [5, 5.41) is -0.0890. The molecule has 0 bridgehead atoms. The molecule has 0 aromatic carbocycles. The summed E-state index contributed by atoms with van der Waals surface area (Å²) in [5.41, 5.74) is 0. The summed E-state index contributed by atoms with van der Waals surface area (Å²) in [5.74, 6) is 0.528. The highest BCUT2D eigenvalue weighted by Gasteiger charge is 2.39. The second-order valence-corrected chi connectivity index (χ2v) is 6.89. The molecule has 1 aliphatic heterocycles. The molecule has 0 saturated carbocycles. The van der Waals surface area contributed by atoms with Crippen LogP contribution in [0.3, 0.4) is 0 Å². The van der Waals surface area contributed by atoms with Crippen LogP contribution in [0.25, 0.3) is 0 Å². The largest absolute Gasteiger partial charge is 0.460 e. The van der Waals surface area contributed by atoms with E-state index in [0.717, 1.165) is 5.75 Å². The van der Waals surface area contributed by atoms with Crippen molar-refractivity contribution in [2.24, 2.45) is 0 Å². The zero-order valence-electron chi connectivity index (χ0n) is 8.23. The van der Waals surface area contributed by atoms with Crippen LogP contribution in [0, 0.1) is 0 Å². The third-order valence-electron chi connectivity index (χ3n) is 1.95. The molecule has 0 amide bonds. The van der Waals surface area contributed by atoms with E-state index in [1.807, 2.05) is 6.92 Å². The van der Waals surface area contributed by atoms with Gasteiger partial charge in [-0.25, -0.2) is 8.42 Å². The molecule has 14 heavy (non-hydrogen) atoms. The minimum atomic E-state index is -3.01. The first-order chi connectivity index (χ1) is 6.44. The summed E-state index contributed by atoms with van der Waals surface area (Å²) in [4.78, 5) is 10.7. The summed E-state index contributed by atoms with van der Waals surface area (Å²) in [6.45, 7) is 3.26. The van der Waals surface area contributed by atoms with Crippen molar-refractivity contribution in [1.82, 2.24) is 0 Å². The molecule has 0 unspecified atom stereocenters. The smallest absolute Gasteiger partial charge is 0.302 e. The number of esters is 1. The van der Waals surface area contributed by atoms with Crippen LogP contribution in [0.1, 0.15) is 13.8 Å². The Morgan fingerprint density at radius 1 is 1.50 bits per heavy atom. The molecule has 1 saturated heterocycles. The van der Waals surface area contributed by atoms with Crippen LogP contribution >= 0.6 is 11.8 Å². The molecule has 1 rings (SSSR count). The Morgan fingerprint density at radius 3 is 2.64 bits per heavy atom. The number of hydrogen-bond acceptors (Lipinski definition) is 5. The van der Waals surface area contributed by atoms with E-state index < -0.39 is 21.9 Å². The molecular formula is C8H14O4S2. The Bertz CT molecular complexity index is 309. The number of sulfone groups is 1. The van der Waals surface area contributed by atoms with Crippen LogP contribution in [0.4, 0.5) is 0 Å². The van der Waals surface area contributed by atoms with E-state index >= 15 is 0 Å². The zero-order chi connectivity index (χ0) is 10.8. The van der Waals surface area contributed by atoms with E-state index in [0.29, 0.717) is 0 Å². The van der Waals surface area contributed by atoms with Gasteiger partial charge in [-0.15, -0.1) is 0 Å². The molecule has 2 atom stereocenters. The van der Waals surface area contributed by atoms with E-state index in [2.05, 4.69) is 0 Å². The summed E-state index contributed by atoms with van der Waals surface area (Å²) in [6.07, 6.45) is -0.456. The van der Waals surface area contributed by atoms with Crippen molar-refractivity contribution in [3.8, 4) is 0 Å². The SMILES string of the molecule is CCS[C@H]1CS(=O)(=O)C[C@@H]1OC(C)=O. The quantitative estimate of drug-likeness (QED) is 0.669. The minimum absolute atomic E-state index is 0.0236. The zero-order valence-corrected chi connectivity index (χ0v) is 9.86. The Labute approximate surface area is 88.3 Å². The van der Waals surface area contributed by atoms with Crippen molar-refractivity contribution < 1.29 is 17.9 Å². The lowest BCUT2D eigenvalue weighted by Gasteiger charge is -2.16. The average Bonchev–Trinajstić information content (AvgIpc) is 2.25. The monoisotopic (exact) mass is 238 g/mol. The first-order valence-corrected chi connectivity index (χ1v) is 7.31. The molecule has 0 N–H and O–H groups in total.